The predicted molar refractivity (Wildman–Crippen MR) is 85.0 cm³/mol. The summed E-state index contributed by atoms with van der Waals surface area (Å²) in [6.45, 7) is 4.58. The van der Waals surface area contributed by atoms with Gasteiger partial charge in [-0.1, -0.05) is 0 Å². The largest absolute Gasteiger partial charge is 0.385 e. The molecule has 0 saturated carbocycles. The fraction of sp³-hybridized carbons (Fsp3) is 0.583. The lowest BCUT2D eigenvalue weighted by Crippen LogP contribution is -2.38. The lowest BCUT2D eigenvalue weighted by atomic mass is 10.4. The van der Waals surface area contributed by atoms with Crippen LogP contribution in [0.5, 0.6) is 0 Å². The average molecular weight is 334 g/mol. The molecule has 7 nitrogen and oxygen atoms in total. The normalized spacial score (nSPS) is 12.4. The maximum Gasteiger partial charge on any atom is 0.247 e. The van der Waals surface area contributed by atoms with Crippen molar-refractivity contribution in [3.05, 3.63) is 17.0 Å². The lowest BCUT2D eigenvalue weighted by Gasteiger charge is -2.10. The quantitative estimate of drug-likeness (QED) is 0.364. The zero-order valence-electron chi connectivity index (χ0n) is 12.3. The van der Waals surface area contributed by atoms with Crippen LogP contribution in [0, 0.1) is 0 Å². The molecule has 0 spiro atoms. The lowest BCUT2D eigenvalue weighted by molar-refractivity contribution is 0.195. The van der Waals surface area contributed by atoms with E-state index in [1.807, 2.05) is 6.92 Å². The van der Waals surface area contributed by atoms with Crippen molar-refractivity contribution in [3.8, 4) is 0 Å². The summed E-state index contributed by atoms with van der Waals surface area (Å²) in [6.07, 6.45) is 0.884. The van der Waals surface area contributed by atoms with Crippen LogP contribution in [0.2, 0.25) is 0 Å². The van der Waals surface area contributed by atoms with Gasteiger partial charge in [0.25, 0.3) is 0 Å². The van der Waals surface area contributed by atoms with Gasteiger partial charge in [-0.2, -0.15) is 0 Å². The molecule has 0 aliphatic carbocycles. The second kappa shape index (κ2) is 8.98. The average Bonchev–Trinajstić information content (AvgIpc) is 2.89. The monoisotopic (exact) mass is 334 g/mol. The molecule has 0 radical (unpaired) electrons. The molecule has 0 aromatic carbocycles. The summed E-state index contributed by atoms with van der Waals surface area (Å²) in [5, 5.41) is 11.4. The number of nitrogens with zero attached hydrogens (tertiary/aromatic N) is 1. The summed E-state index contributed by atoms with van der Waals surface area (Å²) >= 11 is 1.14. The third kappa shape index (κ3) is 6.89. The molecule has 0 aliphatic heterocycles. The van der Waals surface area contributed by atoms with E-state index in [9.17, 15) is 8.42 Å². The van der Waals surface area contributed by atoms with Gasteiger partial charge < -0.3 is 15.4 Å². The molecule has 21 heavy (non-hydrogen) atoms. The fourth-order valence-electron chi connectivity index (χ4n) is 1.52. The highest BCUT2D eigenvalue weighted by atomic mass is 32.2. The van der Waals surface area contributed by atoms with Crippen LogP contribution in [-0.2, 0) is 21.3 Å². The van der Waals surface area contributed by atoms with E-state index in [0.717, 1.165) is 35.7 Å². The van der Waals surface area contributed by atoms with Crippen LogP contribution in [0.4, 0.5) is 0 Å². The molecule has 1 aromatic rings. The van der Waals surface area contributed by atoms with Crippen molar-refractivity contribution in [1.82, 2.24) is 10.6 Å². The number of ether oxygens (including phenoxy) is 1. The fourth-order valence-corrected chi connectivity index (χ4v) is 3.22. The van der Waals surface area contributed by atoms with Gasteiger partial charge in [0, 0.05) is 31.7 Å². The van der Waals surface area contributed by atoms with Crippen molar-refractivity contribution < 1.29 is 13.2 Å². The topological polar surface area (TPSA) is 106 Å². The molecule has 0 atom stereocenters. The molecule has 0 fully saturated rings. The van der Waals surface area contributed by atoms with Gasteiger partial charge >= 0.3 is 0 Å². The maximum atomic E-state index is 11.2. The highest BCUT2D eigenvalue weighted by Gasteiger charge is 2.10. The van der Waals surface area contributed by atoms with Crippen LogP contribution < -0.4 is 15.8 Å². The third-order valence-electron chi connectivity index (χ3n) is 2.47. The molecule has 1 heterocycles. The van der Waals surface area contributed by atoms with Crippen molar-refractivity contribution >= 4 is 27.3 Å². The number of aliphatic imine (C=N–C) groups is 1. The van der Waals surface area contributed by atoms with E-state index in [2.05, 4.69) is 15.6 Å². The van der Waals surface area contributed by atoms with Crippen molar-refractivity contribution in [2.75, 3.05) is 26.8 Å². The van der Waals surface area contributed by atoms with Crippen LogP contribution in [0.25, 0.3) is 0 Å². The molecule has 0 amide bonds. The van der Waals surface area contributed by atoms with Gasteiger partial charge in [-0.25, -0.2) is 18.5 Å². The maximum absolute atomic E-state index is 11.2. The molecule has 4 N–H and O–H groups in total. The number of primary sulfonamides is 1. The number of guanidine groups is 1. The van der Waals surface area contributed by atoms with E-state index >= 15 is 0 Å². The number of hydrogen-bond donors (Lipinski definition) is 3. The van der Waals surface area contributed by atoms with Gasteiger partial charge in [-0.3, -0.25) is 0 Å². The molecule has 1 rings (SSSR count). The van der Waals surface area contributed by atoms with E-state index in [0.29, 0.717) is 19.1 Å². The molecule has 9 heteroatoms. The van der Waals surface area contributed by atoms with E-state index in [-0.39, 0.29) is 4.21 Å². The summed E-state index contributed by atoms with van der Waals surface area (Å²) in [6, 6.07) is 3.23. The molecule has 0 bridgehead atoms. The number of nitrogens with one attached hydrogen (secondary N) is 2. The van der Waals surface area contributed by atoms with Crippen molar-refractivity contribution in [2.24, 2.45) is 10.1 Å². The van der Waals surface area contributed by atoms with Gasteiger partial charge in [-0.05, 0) is 25.5 Å². The number of thiophene rings is 1. The summed E-state index contributed by atoms with van der Waals surface area (Å²) in [5.74, 6) is 0.694. The van der Waals surface area contributed by atoms with Crippen LogP contribution in [0.3, 0.4) is 0 Å². The molecular weight excluding hydrogens is 312 g/mol. The van der Waals surface area contributed by atoms with Gasteiger partial charge in [0.15, 0.2) is 5.96 Å². The first kappa shape index (κ1) is 17.9. The first-order chi connectivity index (χ1) is 9.97. The molecular formula is C12H22N4O3S2. The Bertz CT molecular complexity index is 555. The SMILES string of the molecule is CCNC(=NCc1ccc(S(N)(=O)=O)s1)NCCCOC. The summed E-state index contributed by atoms with van der Waals surface area (Å²) in [7, 11) is -1.96. The zero-order chi connectivity index (χ0) is 15.7. The highest BCUT2D eigenvalue weighted by molar-refractivity contribution is 7.91. The Kier molecular flexibility index (Phi) is 7.65. The molecule has 1 aromatic heterocycles. The van der Waals surface area contributed by atoms with Crippen LogP contribution in [0.15, 0.2) is 21.3 Å². The van der Waals surface area contributed by atoms with Crippen LogP contribution in [-0.4, -0.2) is 41.2 Å². The molecule has 120 valence electrons. The standard InChI is InChI=1S/C12H22N4O3S2/c1-3-14-12(15-7-4-8-19-2)16-9-10-5-6-11(20-10)21(13,17)18/h5-6H,3-4,7-9H2,1-2H3,(H2,13,17,18)(H2,14,15,16). The minimum absolute atomic E-state index is 0.158. The third-order valence-corrected chi connectivity index (χ3v) is 4.98. The number of sulfonamides is 1. The van der Waals surface area contributed by atoms with Crippen LogP contribution in [0.1, 0.15) is 18.2 Å². The van der Waals surface area contributed by atoms with Gasteiger partial charge in [0.2, 0.25) is 10.0 Å². The van der Waals surface area contributed by atoms with Crippen LogP contribution >= 0.6 is 11.3 Å². The highest BCUT2D eigenvalue weighted by Crippen LogP contribution is 2.20. The molecule has 0 aliphatic rings. The van der Waals surface area contributed by atoms with Crippen molar-refractivity contribution in [3.63, 3.8) is 0 Å². The summed E-state index contributed by atoms with van der Waals surface area (Å²) in [4.78, 5) is 5.25. The minimum atomic E-state index is -3.63. The van der Waals surface area contributed by atoms with E-state index < -0.39 is 10.0 Å². The predicted octanol–water partition coefficient (Wildman–Crippen LogP) is 0.487. The Balaban J connectivity index is 2.58. The second-order valence-electron chi connectivity index (χ2n) is 4.23. The Hall–Kier alpha value is -1.16. The Morgan fingerprint density at radius 2 is 2.19 bits per heavy atom. The first-order valence-electron chi connectivity index (χ1n) is 6.60. The second-order valence-corrected chi connectivity index (χ2v) is 7.19. The zero-order valence-corrected chi connectivity index (χ0v) is 13.9. The van der Waals surface area contributed by atoms with Crippen molar-refractivity contribution in [1.29, 1.82) is 0 Å². The van der Waals surface area contributed by atoms with Gasteiger partial charge in [0.05, 0.1) is 6.54 Å². The Labute approximate surface area is 129 Å². The number of methoxy groups -OCH3 is 1. The number of nitrogens with two attached hydrogens (primary N) is 1. The summed E-state index contributed by atoms with van der Waals surface area (Å²) in [5.41, 5.74) is 0. The van der Waals surface area contributed by atoms with Gasteiger partial charge in [-0.15, -0.1) is 11.3 Å². The minimum Gasteiger partial charge on any atom is -0.385 e. The first-order valence-corrected chi connectivity index (χ1v) is 8.96. The molecule has 0 unspecified atom stereocenters. The van der Waals surface area contributed by atoms with E-state index in [1.165, 1.54) is 6.07 Å². The number of hydrogen-bond acceptors (Lipinski definition) is 5. The smallest absolute Gasteiger partial charge is 0.247 e. The Morgan fingerprint density at radius 3 is 2.76 bits per heavy atom. The number of rotatable bonds is 8. The van der Waals surface area contributed by atoms with Gasteiger partial charge in [0.1, 0.15) is 4.21 Å². The Morgan fingerprint density at radius 1 is 1.43 bits per heavy atom. The van der Waals surface area contributed by atoms with E-state index in [4.69, 9.17) is 9.88 Å². The van der Waals surface area contributed by atoms with E-state index in [1.54, 1.807) is 13.2 Å². The molecule has 0 saturated heterocycles. The van der Waals surface area contributed by atoms with Crippen molar-refractivity contribution in [2.45, 2.75) is 24.1 Å². The summed E-state index contributed by atoms with van der Waals surface area (Å²) < 4.78 is 27.5.